The van der Waals surface area contributed by atoms with Crippen molar-refractivity contribution in [2.45, 2.75) is 25.3 Å². The van der Waals surface area contributed by atoms with Crippen LogP contribution in [0.5, 0.6) is 0 Å². The van der Waals surface area contributed by atoms with Crippen molar-refractivity contribution in [1.29, 1.82) is 0 Å². The van der Waals surface area contributed by atoms with Crippen LogP contribution in [0.3, 0.4) is 0 Å². The van der Waals surface area contributed by atoms with Gasteiger partial charge in [-0.3, -0.25) is 9.59 Å². The zero-order chi connectivity index (χ0) is 24.0. The number of H-pyrrole nitrogens is 1. The van der Waals surface area contributed by atoms with Crippen LogP contribution < -0.4 is 5.32 Å². The number of cyclic esters (lactones) is 1. The number of carboxylic acid groups (broad SMARTS) is 1. The number of benzene rings is 2. The second-order valence-electron chi connectivity index (χ2n) is 8.25. The van der Waals surface area contributed by atoms with Crippen molar-refractivity contribution in [2.75, 3.05) is 27.2 Å². The van der Waals surface area contributed by atoms with E-state index in [9.17, 15) is 9.59 Å². The van der Waals surface area contributed by atoms with E-state index >= 15 is 0 Å². The van der Waals surface area contributed by atoms with Crippen LogP contribution in [0.25, 0.3) is 10.9 Å². The van der Waals surface area contributed by atoms with Crippen molar-refractivity contribution >= 4 is 28.7 Å². The maximum absolute atomic E-state index is 13.4. The van der Waals surface area contributed by atoms with E-state index in [1.807, 2.05) is 48.7 Å². The summed E-state index contributed by atoms with van der Waals surface area (Å²) in [7, 11) is 4.11. The summed E-state index contributed by atoms with van der Waals surface area (Å²) >= 11 is 0. The maximum atomic E-state index is 13.4. The SMILES string of the molecule is CC(=O)O.CN(C)CCc1c[nH]c2ccc(C(C(=O)c3ccccc3)C3COC(=O)N3)cc12. The van der Waals surface area contributed by atoms with Gasteiger partial charge in [-0.25, -0.2) is 4.79 Å². The number of nitrogens with zero attached hydrogens (tertiary/aromatic N) is 1. The summed E-state index contributed by atoms with van der Waals surface area (Å²) in [6.07, 6.45) is 2.47. The number of Topliss-reactive ketones (excluding diaryl/α,β-unsaturated/α-hetero) is 1. The molecule has 174 valence electrons. The lowest BCUT2D eigenvalue weighted by Crippen LogP contribution is -2.37. The number of aliphatic carboxylic acids is 1. The summed E-state index contributed by atoms with van der Waals surface area (Å²) in [5, 5.41) is 11.3. The molecule has 3 aromatic rings. The molecule has 1 amide bonds. The quantitative estimate of drug-likeness (QED) is 0.475. The number of rotatable bonds is 7. The molecule has 3 N–H and O–H groups in total. The highest BCUT2D eigenvalue weighted by Crippen LogP contribution is 2.30. The standard InChI is InChI=1S/C23H25N3O3.C2H4O2/c1-26(2)11-10-17-13-24-19-9-8-16(12-18(17)19)21(20-14-29-23(28)25-20)22(27)15-6-4-3-5-7-15;1-2(3)4/h3-9,12-13,20-21,24H,10-11,14H2,1-2H3,(H,25,28);1H3,(H,3,4). The lowest BCUT2D eigenvalue weighted by atomic mass is 9.84. The zero-order valence-corrected chi connectivity index (χ0v) is 19.0. The number of ether oxygens (including phenoxy) is 1. The van der Waals surface area contributed by atoms with Gasteiger partial charge in [0, 0.05) is 36.1 Å². The van der Waals surface area contributed by atoms with Crippen LogP contribution in [0.4, 0.5) is 4.79 Å². The largest absolute Gasteiger partial charge is 0.481 e. The Kier molecular flexibility index (Phi) is 7.84. The Morgan fingerprint density at radius 1 is 1.18 bits per heavy atom. The molecule has 0 saturated carbocycles. The van der Waals surface area contributed by atoms with Gasteiger partial charge in [0.1, 0.15) is 6.61 Å². The summed E-state index contributed by atoms with van der Waals surface area (Å²) in [6, 6.07) is 14.9. The van der Waals surface area contributed by atoms with Gasteiger partial charge < -0.3 is 25.0 Å². The van der Waals surface area contributed by atoms with E-state index in [1.165, 1.54) is 5.56 Å². The highest BCUT2D eigenvalue weighted by atomic mass is 16.6. The molecule has 33 heavy (non-hydrogen) atoms. The number of hydrogen-bond acceptors (Lipinski definition) is 5. The molecule has 1 saturated heterocycles. The van der Waals surface area contributed by atoms with Crippen LogP contribution in [0.1, 0.15) is 34.3 Å². The van der Waals surface area contributed by atoms with E-state index in [-0.39, 0.29) is 12.4 Å². The fraction of sp³-hybridized carbons (Fsp3) is 0.320. The number of aromatic nitrogens is 1. The van der Waals surface area contributed by atoms with Crippen molar-refractivity contribution in [2.24, 2.45) is 0 Å². The highest BCUT2D eigenvalue weighted by molar-refractivity contribution is 6.02. The number of alkyl carbamates (subject to hydrolysis) is 1. The number of hydrogen-bond donors (Lipinski definition) is 3. The smallest absolute Gasteiger partial charge is 0.407 e. The number of amides is 1. The Balaban J connectivity index is 0.000000709. The summed E-state index contributed by atoms with van der Waals surface area (Å²) in [6.45, 7) is 2.21. The van der Waals surface area contributed by atoms with E-state index in [4.69, 9.17) is 14.6 Å². The van der Waals surface area contributed by atoms with Gasteiger partial charge in [0.25, 0.3) is 5.97 Å². The minimum absolute atomic E-state index is 0.0221. The van der Waals surface area contributed by atoms with Crippen molar-refractivity contribution < 1.29 is 24.2 Å². The molecule has 2 aromatic carbocycles. The van der Waals surface area contributed by atoms with Gasteiger partial charge in [-0.2, -0.15) is 0 Å². The third-order valence-corrected chi connectivity index (χ3v) is 5.42. The fourth-order valence-corrected chi connectivity index (χ4v) is 3.87. The number of nitrogens with one attached hydrogen (secondary N) is 2. The third kappa shape index (κ3) is 6.20. The molecule has 2 unspecified atom stereocenters. The van der Waals surface area contributed by atoms with Crippen LogP contribution in [-0.2, 0) is 16.0 Å². The molecule has 1 aliphatic rings. The summed E-state index contributed by atoms with van der Waals surface area (Å²) in [5.74, 6) is -1.36. The number of carbonyl (C=O) groups excluding carboxylic acids is 2. The lowest BCUT2D eigenvalue weighted by Gasteiger charge is -2.21. The zero-order valence-electron chi connectivity index (χ0n) is 19.0. The number of likely N-dealkylation sites (N-methyl/N-ethyl adjacent to an activating group) is 1. The van der Waals surface area contributed by atoms with Gasteiger partial charge in [0.2, 0.25) is 0 Å². The lowest BCUT2D eigenvalue weighted by molar-refractivity contribution is -0.134. The third-order valence-electron chi connectivity index (χ3n) is 5.42. The normalized spacial score (nSPS) is 16.0. The summed E-state index contributed by atoms with van der Waals surface area (Å²) in [4.78, 5) is 39.5. The Morgan fingerprint density at radius 2 is 1.88 bits per heavy atom. The fourth-order valence-electron chi connectivity index (χ4n) is 3.87. The second kappa shape index (κ2) is 10.8. The molecule has 0 aliphatic carbocycles. The molecule has 0 spiro atoms. The molecule has 0 bridgehead atoms. The average molecular weight is 452 g/mol. The highest BCUT2D eigenvalue weighted by Gasteiger charge is 2.36. The molecule has 0 radical (unpaired) electrons. The van der Waals surface area contributed by atoms with E-state index in [0.29, 0.717) is 5.56 Å². The Labute approximate surface area is 192 Å². The second-order valence-corrected chi connectivity index (χ2v) is 8.25. The van der Waals surface area contributed by atoms with Gasteiger partial charge in [0.15, 0.2) is 5.78 Å². The van der Waals surface area contributed by atoms with Crippen molar-refractivity contribution in [3.8, 4) is 0 Å². The first-order valence-electron chi connectivity index (χ1n) is 10.7. The maximum Gasteiger partial charge on any atom is 0.407 e. The number of ketones is 1. The number of carboxylic acids is 1. The molecule has 1 aromatic heterocycles. The Morgan fingerprint density at radius 3 is 2.48 bits per heavy atom. The molecular formula is C25H29N3O5. The van der Waals surface area contributed by atoms with Gasteiger partial charge in [-0.05, 0) is 43.8 Å². The monoisotopic (exact) mass is 451 g/mol. The number of aromatic amines is 1. The van der Waals surface area contributed by atoms with Crippen LogP contribution in [-0.4, -0.2) is 66.1 Å². The van der Waals surface area contributed by atoms with Crippen molar-refractivity contribution in [3.05, 3.63) is 71.4 Å². The molecule has 1 fully saturated rings. The van der Waals surface area contributed by atoms with Gasteiger partial charge >= 0.3 is 6.09 Å². The van der Waals surface area contributed by atoms with Crippen molar-refractivity contribution in [1.82, 2.24) is 15.2 Å². The average Bonchev–Trinajstić information content (AvgIpc) is 3.38. The van der Waals surface area contributed by atoms with Crippen LogP contribution in [0, 0.1) is 0 Å². The predicted molar refractivity (Wildman–Crippen MR) is 126 cm³/mol. The predicted octanol–water partition coefficient (Wildman–Crippen LogP) is 3.44. The number of fused-ring (bicyclic) bond motifs is 1. The van der Waals surface area contributed by atoms with Gasteiger partial charge in [-0.1, -0.05) is 36.4 Å². The van der Waals surface area contributed by atoms with Crippen molar-refractivity contribution in [3.63, 3.8) is 0 Å². The topological polar surface area (TPSA) is 112 Å². The molecule has 1 aliphatic heterocycles. The Hall–Kier alpha value is -3.65. The molecule has 8 heteroatoms. The molecule has 4 rings (SSSR count). The molecule has 2 atom stereocenters. The van der Waals surface area contributed by atoms with Crippen LogP contribution in [0.2, 0.25) is 0 Å². The molecular weight excluding hydrogens is 422 g/mol. The van der Waals surface area contributed by atoms with E-state index in [1.54, 1.807) is 0 Å². The first-order valence-corrected chi connectivity index (χ1v) is 10.7. The molecule has 2 heterocycles. The summed E-state index contributed by atoms with van der Waals surface area (Å²) in [5.41, 5.74) is 3.77. The van der Waals surface area contributed by atoms with Gasteiger partial charge in [0.05, 0.1) is 12.0 Å². The van der Waals surface area contributed by atoms with E-state index < -0.39 is 24.0 Å². The van der Waals surface area contributed by atoms with Crippen LogP contribution in [0.15, 0.2) is 54.7 Å². The van der Waals surface area contributed by atoms with E-state index in [0.717, 1.165) is 36.4 Å². The number of carbonyl (C=O) groups is 3. The minimum Gasteiger partial charge on any atom is -0.481 e. The summed E-state index contributed by atoms with van der Waals surface area (Å²) < 4.78 is 5.10. The Bertz CT molecular complexity index is 1120. The first kappa shape index (κ1) is 24.0. The minimum atomic E-state index is -0.833. The van der Waals surface area contributed by atoms with Crippen LogP contribution >= 0.6 is 0 Å². The van der Waals surface area contributed by atoms with E-state index in [2.05, 4.69) is 35.4 Å². The molecule has 8 nitrogen and oxygen atoms in total. The van der Waals surface area contributed by atoms with Gasteiger partial charge in [-0.15, -0.1) is 0 Å². The first-order chi connectivity index (χ1) is 15.8.